The minimum Gasteiger partial charge on any atom is -0.400 e. The van der Waals surface area contributed by atoms with E-state index in [2.05, 4.69) is 0 Å². The van der Waals surface area contributed by atoms with E-state index in [-0.39, 0.29) is 5.82 Å². The first-order valence-corrected chi connectivity index (χ1v) is 2.75. The Balaban J connectivity index is 0.000000371. The molecule has 1 rings (SSSR count). The van der Waals surface area contributed by atoms with Gasteiger partial charge in [0, 0.05) is 12.8 Å². The molecule has 0 unspecified atom stereocenters. The second-order valence-corrected chi connectivity index (χ2v) is 1.56. The predicted molar refractivity (Wildman–Crippen MR) is 39.0 cm³/mol. The molecule has 0 radical (unpaired) electrons. The predicted octanol–water partition coefficient (Wildman–Crippen LogP) is 1.02. The van der Waals surface area contributed by atoms with Crippen LogP contribution < -0.4 is 5.73 Å². The Morgan fingerprint density at radius 3 is 2.30 bits per heavy atom. The fourth-order valence-electron chi connectivity index (χ4n) is 0.507. The highest BCUT2D eigenvalue weighted by atomic mass is 19.1. The van der Waals surface area contributed by atoms with Crippen LogP contribution >= 0.6 is 0 Å². The zero-order valence-corrected chi connectivity index (χ0v) is 5.71. The molecular formula is C7H10FNO. The molecule has 0 aliphatic carbocycles. The number of aliphatic hydroxyl groups is 1. The normalized spacial score (nSPS) is 7.90. The topological polar surface area (TPSA) is 46.2 Å². The molecule has 0 amide bonds. The first kappa shape index (κ1) is 8.91. The van der Waals surface area contributed by atoms with Gasteiger partial charge in [-0.2, -0.15) is 0 Å². The molecule has 56 valence electrons. The van der Waals surface area contributed by atoms with Crippen molar-refractivity contribution in [3.63, 3.8) is 0 Å². The third kappa shape index (κ3) is 3.04. The van der Waals surface area contributed by atoms with Crippen LogP contribution in [-0.4, -0.2) is 12.2 Å². The number of anilines is 1. The maximum Gasteiger partial charge on any atom is 0.125 e. The van der Waals surface area contributed by atoms with Gasteiger partial charge >= 0.3 is 0 Å². The van der Waals surface area contributed by atoms with Crippen LogP contribution in [0.15, 0.2) is 24.3 Å². The fraction of sp³-hybridized carbons (Fsp3) is 0.143. The van der Waals surface area contributed by atoms with E-state index in [9.17, 15) is 4.39 Å². The van der Waals surface area contributed by atoms with Gasteiger partial charge in [-0.05, 0) is 18.2 Å². The quantitative estimate of drug-likeness (QED) is 0.532. The number of hydrogen-bond acceptors (Lipinski definition) is 2. The van der Waals surface area contributed by atoms with Crippen molar-refractivity contribution in [2.75, 3.05) is 12.8 Å². The van der Waals surface area contributed by atoms with Crippen molar-refractivity contribution in [2.45, 2.75) is 0 Å². The molecule has 0 aromatic heterocycles. The van der Waals surface area contributed by atoms with Crippen LogP contribution in [0, 0.1) is 5.82 Å². The number of aliphatic hydroxyl groups excluding tert-OH is 1. The van der Waals surface area contributed by atoms with Gasteiger partial charge in [-0.1, -0.05) is 6.07 Å². The Hall–Kier alpha value is -1.09. The van der Waals surface area contributed by atoms with E-state index in [1.165, 1.54) is 12.1 Å². The minimum atomic E-state index is -0.287. The zero-order chi connectivity index (χ0) is 7.98. The summed E-state index contributed by atoms with van der Waals surface area (Å²) in [6, 6.07) is 5.85. The number of hydrogen-bond donors (Lipinski definition) is 2. The van der Waals surface area contributed by atoms with E-state index in [4.69, 9.17) is 10.8 Å². The maximum absolute atomic E-state index is 12.1. The summed E-state index contributed by atoms with van der Waals surface area (Å²) in [5.41, 5.74) is 5.68. The Labute approximate surface area is 59.1 Å². The van der Waals surface area contributed by atoms with Crippen molar-refractivity contribution in [1.82, 2.24) is 0 Å². The van der Waals surface area contributed by atoms with Crippen LogP contribution in [0.2, 0.25) is 0 Å². The van der Waals surface area contributed by atoms with Crippen LogP contribution in [0.25, 0.3) is 0 Å². The van der Waals surface area contributed by atoms with Gasteiger partial charge in [-0.15, -0.1) is 0 Å². The molecule has 2 nitrogen and oxygen atoms in total. The first-order chi connectivity index (χ1) is 4.79. The van der Waals surface area contributed by atoms with E-state index >= 15 is 0 Å². The molecule has 0 saturated heterocycles. The molecule has 0 saturated carbocycles. The zero-order valence-electron chi connectivity index (χ0n) is 5.71. The molecule has 3 N–H and O–H groups in total. The summed E-state index contributed by atoms with van der Waals surface area (Å²) in [6.07, 6.45) is 0. The van der Waals surface area contributed by atoms with Gasteiger partial charge in [-0.3, -0.25) is 0 Å². The average Bonchev–Trinajstić information content (AvgIpc) is 1.91. The van der Waals surface area contributed by atoms with Crippen LogP contribution in [0.1, 0.15) is 0 Å². The van der Waals surface area contributed by atoms with E-state index in [0.29, 0.717) is 5.69 Å². The highest BCUT2D eigenvalue weighted by Crippen LogP contribution is 2.02. The maximum atomic E-state index is 12.1. The van der Waals surface area contributed by atoms with Crippen molar-refractivity contribution in [3.05, 3.63) is 30.1 Å². The van der Waals surface area contributed by atoms with Crippen molar-refractivity contribution in [1.29, 1.82) is 0 Å². The second kappa shape index (κ2) is 4.76. The summed E-state index contributed by atoms with van der Waals surface area (Å²) in [4.78, 5) is 0. The highest BCUT2D eigenvalue weighted by Gasteiger charge is 1.85. The molecule has 0 fully saturated rings. The van der Waals surface area contributed by atoms with Gasteiger partial charge in [0.25, 0.3) is 0 Å². The lowest BCUT2D eigenvalue weighted by Crippen LogP contribution is -1.83. The molecule has 1 aromatic carbocycles. The number of rotatable bonds is 0. The smallest absolute Gasteiger partial charge is 0.125 e. The lowest BCUT2D eigenvalue weighted by molar-refractivity contribution is 0.399. The highest BCUT2D eigenvalue weighted by molar-refractivity contribution is 5.36. The number of halogens is 1. The Morgan fingerprint density at radius 2 is 2.00 bits per heavy atom. The van der Waals surface area contributed by atoms with Gasteiger partial charge in [0.1, 0.15) is 5.82 Å². The lowest BCUT2D eigenvalue weighted by Gasteiger charge is -1.88. The van der Waals surface area contributed by atoms with Gasteiger partial charge in [-0.25, -0.2) is 4.39 Å². The van der Waals surface area contributed by atoms with Gasteiger partial charge in [0.05, 0.1) is 0 Å². The van der Waals surface area contributed by atoms with E-state index in [1.807, 2.05) is 0 Å². The summed E-state index contributed by atoms with van der Waals surface area (Å²) in [6.45, 7) is 0. The molecule has 1 aromatic rings. The molecule has 0 bridgehead atoms. The molecule has 0 aliphatic heterocycles. The lowest BCUT2D eigenvalue weighted by atomic mass is 10.3. The van der Waals surface area contributed by atoms with E-state index in [1.54, 1.807) is 12.1 Å². The summed E-state index contributed by atoms with van der Waals surface area (Å²) < 4.78 is 12.1. The molecule has 0 spiro atoms. The van der Waals surface area contributed by atoms with Crippen LogP contribution in [0.5, 0.6) is 0 Å². The Kier molecular flexibility index (Phi) is 4.24. The van der Waals surface area contributed by atoms with Gasteiger partial charge < -0.3 is 10.8 Å². The molecule has 0 aliphatic rings. The van der Waals surface area contributed by atoms with Crippen molar-refractivity contribution in [3.8, 4) is 0 Å². The number of benzene rings is 1. The monoisotopic (exact) mass is 143 g/mol. The van der Waals surface area contributed by atoms with Crippen LogP contribution in [0.4, 0.5) is 10.1 Å². The van der Waals surface area contributed by atoms with Crippen molar-refractivity contribution < 1.29 is 9.50 Å². The van der Waals surface area contributed by atoms with Crippen LogP contribution in [-0.2, 0) is 0 Å². The summed E-state index contributed by atoms with van der Waals surface area (Å²) in [5.74, 6) is -0.287. The Morgan fingerprint density at radius 1 is 1.40 bits per heavy atom. The SMILES string of the molecule is CO.Nc1cccc(F)c1. The summed E-state index contributed by atoms with van der Waals surface area (Å²) in [7, 11) is 1.00. The molecule has 0 heterocycles. The van der Waals surface area contributed by atoms with Crippen molar-refractivity contribution >= 4 is 5.69 Å². The summed E-state index contributed by atoms with van der Waals surface area (Å²) >= 11 is 0. The number of nitrogens with two attached hydrogens (primary N) is 1. The third-order valence-corrected chi connectivity index (χ3v) is 0.849. The van der Waals surface area contributed by atoms with Gasteiger partial charge in [0.15, 0.2) is 0 Å². The largest absolute Gasteiger partial charge is 0.400 e. The first-order valence-electron chi connectivity index (χ1n) is 2.75. The van der Waals surface area contributed by atoms with E-state index < -0.39 is 0 Å². The Bertz CT molecular complexity index is 173. The summed E-state index contributed by atoms with van der Waals surface area (Å²) in [5, 5.41) is 7.00. The fourth-order valence-corrected chi connectivity index (χ4v) is 0.507. The molecule has 3 heteroatoms. The number of nitrogen functional groups attached to an aromatic ring is 1. The second-order valence-electron chi connectivity index (χ2n) is 1.56. The average molecular weight is 143 g/mol. The minimum absolute atomic E-state index is 0.287. The standard InChI is InChI=1S/C6H6FN.CH4O/c7-5-2-1-3-6(8)4-5;1-2/h1-4H,8H2;2H,1H3. The van der Waals surface area contributed by atoms with Crippen molar-refractivity contribution in [2.24, 2.45) is 0 Å². The molecular weight excluding hydrogens is 133 g/mol. The van der Waals surface area contributed by atoms with E-state index in [0.717, 1.165) is 7.11 Å². The van der Waals surface area contributed by atoms with Gasteiger partial charge in [0.2, 0.25) is 0 Å². The van der Waals surface area contributed by atoms with Crippen LogP contribution in [0.3, 0.4) is 0 Å². The molecule has 10 heavy (non-hydrogen) atoms. The third-order valence-electron chi connectivity index (χ3n) is 0.849. The molecule has 0 atom stereocenters.